The molecule has 1 atom stereocenters. The lowest BCUT2D eigenvalue weighted by molar-refractivity contribution is -0.149. The molecule has 4 N–H and O–H groups in total. The van der Waals surface area contributed by atoms with Gasteiger partial charge in [-0.1, -0.05) is 18.2 Å². The second kappa shape index (κ2) is 10.6. The van der Waals surface area contributed by atoms with E-state index in [1.54, 1.807) is 24.3 Å². The molecule has 9 nitrogen and oxygen atoms in total. The molecule has 2 aromatic carbocycles. The maximum Gasteiger partial charge on any atom is 0.326 e. The molecule has 0 aliphatic carbocycles. The van der Waals surface area contributed by atoms with Crippen LogP contribution < -0.4 is 15.4 Å². The largest absolute Gasteiger partial charge is 0.481 e. The number of carbonyl (C=O) groups is 4. The van der Waals surface area contributed by atoms with Crippen molar-refractivity contribution in [1.29, 1.82) is 0 Å². The zero-order chi connectivity index (χ0) is 24.8. The minimum absolute atomic E-state index is 0.145. The summed E-state index contributed by atoms with van der Waals surface area (Å²) >= 11 is 0. The van der Waals surface area contributed by atoms with Crippen molar-refractivity contribution in [1.82, 2.24) is 5.32 Å². The van der Waals surface area contributed by atoms with Gasteiger partial charge in [0.25, 0.3) is 5.91 Å². The number of nitrogens with one attached hydrogen (secondary N) is 2. The molecule has 0 bridgehead atoms. The minimum Gasteiger partial charge on any atom is -0.481 e. The van der Waals surface area contributed by atoms with Gasteiger partial charge >= 0.3 is 11.9 Å². The Morgan fingerprint density at radius 1 is 0.970 bits per heavy atom. The number of carboxylic acid groups (broad SMARTS) is 2. The quantitative estimate of drug-likeness (QED) is 0.430. The summed E-state index contributed by atoms with van der Waals surface area (Å²) in [6.07, 6.45) is -0.608. The first-order chi connectivity index (χ1) is 15.4. The van der Waals surface area contributed by atoms with Crippen LogP contribution in [0.15, 0.2) is 42.5 Å². The Bertz CT molecular complexity index is 1030. The van der Waals surface area contributed by atoms with Crippen LogP contribution >= 0.6 is 0 Å². The zero-order valence-corrected chi connectivity index (χ0v) is 19.0. The van der Waals surface area contributed by atoms with Crippen molar-refractivity contribution in [2.75, 3.05) is 5.32 Å². The van der Waals surface area contributed by atoms with Crippen LogP contribution in [-0.4, -0.2) is 45.6 Å². The van der Waals surface area contributed by atoms with Crippen LogP contribution in [0.2, 0.25) is 0 Å². The van der Waals surface area contributed by atoms with E-state index < -0.39 is 35.9 Å². The monoisotopic (exact) mass is 456 g/mol. The molecule has 2 rings (SSSR count). The molecule has 2 aromatic rings. The highest BCUT2D eigenvalue weighted by Crippen LogP contribution is 2.20. The number of carbonyl (C=O) groups excluding carboxylic acids is 2. The zero-order valence-electron chi connectivity index (χ0n) is 19.0. The molecule has 0 saturated carbocycles. The van der Waals surface area contributed by atoms with Crippen LogP contribution in [-0.2, 0) is 25.6 Å². The standard InChI is InChI=1S/C24H28N2O7/c1-14-9-15(2)11-17(10-14)25-20(27)12-16-5-7-18(8-6-16)33-24(3,4)23(32)26-19(22(30)31)13-21(28)29/h5-11,19H,12-13H2,1-4H3,(H,25,27)(H,26,32)(H,28,29)(H,30,31). The van der Waals surface area contributed by atoms with Crippen molar-refractivity contribution >= 4 is 29.4 Å². The van der Waals surface area contributed by atoms with Crippen molar-refractivity contribution in [2.45, 2.75) is 52.2 Å². The SMILES string of the molecule is Cc1cc(C)cc(NC(=O)Cc2ccc(OC(C)(C)C(=O)NC(CC(=O)O)C(=O)O)cc2)c1. The molecular weight excluding hydrogens is 428 g/mol. The van der Waals surface area contributed by atoms with Crippen LogP contribution in [0.3, 0.4) is 0 Å². The fourth-order valence-electron chi connectivity index (χ4n) is 3.16. The van der Waals surface area contributed by atoms with Gasteiger partial charge in [0.1, 0.15) is 11.8 Å². The lowest BCUT2D eigenvalue weighted by Gasteiger charge is -2.27. The molecule has 176 valence electrons. The van der Waals surface area contributed by atoms with Crippen molar-refractivity contribution < 1.29 is 34.1 Å². The summed E-state index contributed by atoms with van der Waals surface area (Å²) in [4.78, 5) is 46.8. The first-order valence-electron chi connectivity index (χ1n) is 10.3. The summed E-state index contributed by atoms with van der Waals surface area (Å²) in [7, 11) is 0. The molecule has 33 heavy (non-hydrogen) atoms. The molecular formula is C24H28N2O7. The van der Waals surface area contributed by atoms with Gasteiger partial charge in [0, 0.05) is 5.69 Å². The Morgan fingerprint density at radius 2 is 1.55 bits per heavy atom. The van der Waals surface area contributed by atoms with Gasteiger partial charge in [-0.2, -0.15) is 0 Å². The molecule has 0 aliphatic rings. The lowest BCUT2D eigenvalue weighted by atomic mass is 10.1. The van der Waals surface area contributed by atoms with E-state index in [4.69, 9.17) is 14.9 Å². The fraction of sp³-hybridized carbons (Fsp3) is 0.333. The highest BCUT2D eigenvalue weighted by molar-refractivity contribution is 5.92. The van der Waals surface area contributed by atoms with Crippen LogP contribution in [0, 0.1) is 13.8 Å². The summed E-state index contributed by atoms with van der Waals surface area (Å²) in [6, 6.07) is 10.8. The van der Waals surface area contributed by atoms with E-state index in [1.165, 1.54) is 13.8 Å². The molecule has 0 spiro atoms. The number of rotatable bonds is 10. The number of ether oxygens (including phenoxy) is 1. The molecule has 0 heterocycles. The molecule has 9 heteroatoms. The predicted octanol–water partition coefficient (Wildman–Crippen LogP) is 2.69. The topological polar surface area (TPSA) is 142 Å². The maximum absolute atomic E-state index is 12.5. The van der Waals surface area contributed by atoms with Crippen LogP contribution in [0.25, 0.3) is 0 Å². The summed E-state index contributed by atoms with van der Waals surface area (Å²) < 4.78 is 5.68. The first kappa shape index (κ1) is 25.4. The molecule has 2 amide bonds. The fourth-order valence-corrected chi connectivity index (χ4v) is 3.16. The second-order valence-corrected chi connectivity index (χ2v) is 8.32. The smallest absolute Gasteiger partial charge is 0.326 e. The Hall–Kier alpha value is -3.88. The minimum atomic E-state index is -1.57. The molecule has 0 aromatic heterocycles. The lowest BCUT2D eigenvalue weighted by Crippen LogP contribution is -2.52. The van der Waals surface area contributed by atoms with Crippen LogP contribution in [0.1, 0.15) is 37.0 Å². The van der Waals surface area contributed by atoms with Gasteiger partial charge in [-0.25, -0.2) is 4.79 Å². The van der Waals surface area contributed by atoms with Crippen molar-refractivity contribution in [3.05, 3.63) is 59.2 Å². The van der Waals surface area contributed by atoms with E-state index in [9.17, 15) is 19.2 Å². The van der Waals surface area contributed by atoms with Gasteiger partial charge in [0.05, 0.1) is 12.8 Å². The predicted molar refractivity (Wildman–Crippen MR) is 121 cm³/mol. The van der Waals surface area contributed by atoms with Crippen molar-refractivity contribution in [3.8, 4) is 5.75 Å². The van der Waals surface area contributed by atoms with E-state index in [1.807, 2.05) is 32.0 Å². The average Bonchev–Trinajstić information content (AvgIpc) is 2.67. The summed E-state index contributed by atoms with van der Waals surface area (Å²) in [6.45, 7) is 6.79. The molecule has 1 unspecified atom stereocenters. The number of carboxylic acids is 2. The van der Waals surface area contributed by atoms with E-state index in [2.05, 4.69) is 10.6 Å². The number of aliphatic carboxylic acids is 2. The Kier molecular flexibility index (Phi) is 8.17. The first-order valence-corrected chi connectivity index (χ1v) is 10.3. The van der Waals surface area contributed by atoms with Gasteiger partial charge in [0.15, 0.2) is 5.60 Å². The number of aryl methyl sites for hydroxylation is 2. The third-order valence-corrected chi connectivity index (χ3v) is 4.70. The Labute approximate surface area is 191 Å². The Morgan fingerprint density at radius 3 is 2.06 bits per heavy atom. The molecule has 0 fully saturated rings. The maximum atomic E-state index is 12.5. The van der Waals surface area contributed by atoms with E-state index in [-0.39, 0.29) is 12.3 Å². The van der Waals surface area contributed by atoms with Crippen molar-refractivity contribution in [2.24, 2.45) is 0 Å². The third-order valence-electron chi connectivity index (χ3n) is 4.70. The van der Waals surface area contributed by atoms with Crippen LogP contribution in [0.5, 0.6) is 5.75 Å². The number of hydrogen-bond acceptors (Lipinski definition) is 5. The number of amides is 2. The van der Waals surface area contributed by atoms with Gasteiger partial charge in [-0.05, 0) is 68.7 Å². The van der Waals surface area contributed by atoms with Gasteiger partial charge < -0.3 is 25.6 Å². The third kappa shape index (κ3) is 7.95. The van der Waals surface area contributed by atoms with E-state index in [0.29, 0.717) is 5.75 Å². The summed E-state index contributed by atoms with van der Waals surface area (Å²) in [5.74, 6) is -3.41. The Balaban J connectivity index is 1.98. The summed E-state index contributed by atoms with van der Waals surface area (Å²) in [5.41, 5.74) is 2.10. The second-order valence-electron chi connectivity index (χ2n) is 8.32. The summed E-state index contributed by atoms with van der Waals surface area (Å²) in [5, 5.41) is 22.9. The number of benzene rings is 2. The van der Waals surface area contributed by atoms with Crippen LogP contribution in [0.4, 0.5) is 5.69 Å². The van der Waals surface area contributed by atoms with Gasteiger partial charge in [-0.15, -0.1) is 0 Å². The highest BCUT2D eigenvalue weighted by Gasteiger charge is 2.34. The molecule has 0 radical (unpaired) electrons. The average molecular weight is 456 g/mol. The van der Waals surface area contributed by atoms with Gasteiger partial charge in [-0.3, -0.25) is 14.4 Å². The van der Waals surface area contributed by atoms with Gasteiger partial charge in [0.2, 0.25) is 5.91 Å². The highest BCUT2D eigenvalue weighted by atomic mass is 16.5. The van der Waals surface area contributed by atoms with E-state index >= 15 is 0 Å². The normalized spacial score (nSPS) is 11.9. The number of hydrogen-bond donors (Lipinski definition) is 4. The number of anilines is 1. The van der Waals surface area contributed by atoms with Crippen molar-refractivity contribution in [3.63, 3.8) is 0 Å². The molecule has 0 aliphatic heterocycles. The molecule has 0 saturated heterocycles. The van der Waals surface area contributed by atoms with E-state index in [0.717, 1.165) is 22.4 Å².